The van der Waals surface area contributed by atoms with Crippen molar-refractivity contribution in [2.75, 3.05) is 5.73 Å². The summed E-state index contributed by atoms with van der Waals surface area (Å²) >= 11 is 1.52. The summed E-state index contributed by atoms with van der Waals surface area (Å²) in [6.45, 7) is 1.86. The number of aryl methyl sites for hydroxylation is 1. The summed E-state index contributed by atoms with van der Waals surface area (Å²) in [4.78, 5) is 3.91. The molecule has 0 saturated heterocycles. The largest absolute Gasteiger partial charge is 0.492 e. The van der Waals surface area contributed by atoms with Gasteiger partial charge in [0, 0.05) is 5.39 Å². The molecule has 12 heavy (non-hydrogen) atoms. The summed E-state index contributed by atoms with van der Waals surface area (Å²) in [7, 11) is 0. The highest BCUT2D eigenvalue weighted by atomic mass is 32.1. The van der Waals surface area contributed by atoms with Gasteiger partial charge in [0.05, 0.1) is 10.4 Å². The molecule has 0 spiro atoms. The van der Waals surface area contributed by atoms with Crippen LogP contribution in [0.1, 0.15) is 5.69 Å². The van der Waals surface area contributed by atoms with Crippen molar-refractivity contribution >= 4 is 27.1 Å². The molecule has 2 aromatic rings. The van der Waals surface area contributed by atoms with E-state index in [1.165, 1.54) is 11.3 Å². The molecule has 62 valence electrons. The number of aromatic nitrogens is 1. The molecule has 0 unspecified atom stereocenters. The minimum Gasteiger partial charge on any atom is -0.492 e. The maximum atomic E-state index is 9.29. The number of hydrogen-bond acceptors (Lipinski definition) is 4. The van der Waals surface area contributed by atoms with Crippen LogP contribution in [0.15, 0.2) is 11.4 Å². The predicted molar refractivity (Wildman–Crippen MR) is 50.4 cm³/mol. The Labute approximate surface area is 73.5 Å². The van der Waals surface area contributed by atoms with Gasteiger partial charge in [0.1, 0.15) is 5.69 Å². The lowest BCUT2D eigenvalue weighted by molar-refractivity contribution is 0.456. The summed E-state index contributed by atoms with van der Waals surface area (Å²) in [6, 6.07) is 1.96. The summed E-state index contributed by atoms with van der Waals surface area (Å²) in [5.41, 5.74) is 6.83. The first-order valence-electron chi connectivity index (χ1n) is 3.52. The van der Waals surface area contributed by atoms with E-state index in [-0.39, 0.29) is 5.88 Å². The Bertz CT molecular complexity index is 436. The molecule has 0 bridgehead atoms. The number of pyridine rings is 1. The van der Waals surface area contributed by atoms with E-state index >= 15 is 0 Å². The maximum absolute atomic E-state index is 9.29. The minimum atomic E-state index is -0.0672. The van der Waals surface area contributed by atoms with Crippen LogP contribution >= 0.6 is 11.3 Å². The van der Waals surface area contributed by atoms with Gasteiger partial charge in [0.2, 0.25) is 5.88 Å². The van der Waals surface area contributed by atoms with Gasteiger partial charge in [-0.25, -0.2) is 4.98 Å². The topological polar surface area (TPSA) is 59.1 Å². The molecular weight excluding hydrogens is 172 g/mol. The Hall–Kier alpha value is -1.29. The van der Waals surface area contributed by atoms with Crippen molar-refractivity contribution in [1.29, 1.82) is 0 Å². The van der Waals surface area contributed by atoms with Gasteiger partial charge in [-0.3, -0.25) is 0 Å². The first-order valence-corrected chi connectivity index (χ1v) is 4.40. The Balaban J connectivity index is 2.97. The third kappa shape index (κ3) is 0.848. The zero-order valence-electron chi connectivity index (χ0n) is 6.53. The van der Waals surface area contributed by atoms with Crippen LogP contribution < -0.4 is 5.73 Å². The van der Waals surface area contributed by atoms with Crippen LogP contribution in [0.25, 0.3) is 10.1 Å². The molecule has 0 aromatic carbocycles. The average molecular weight is 180 g/mol. The minimum absolute atomic E-state index is 0.0672. The van der Waals surface area contributed by atoms with Crippen LogP contribution in [-0.4, -0.2) is 10.1 Å². The molecule has 3 N–H and O–H groups in total. The second-order valence-corrected chi connectivity index (χ2v) is 3.51. The first kappa shape index (κ1) is 7.36. The van der Waals surface area contributed by atoms with Crippen LogP contribution in [-0.2, 0) is 0 Å². The summed E-state index contributed by atoms with van der Waals surface area (Å²) < 4.78 is 0.917. The number of nitrogens with zero attached hydrogens (tertiary/aromatic N) is 1. The van der Waals surface area contributed by atoms with Crippen LogP contribution in [0.2, 0.25) is 0 Å². The second-order valence-electron chi connectivity index (χ2n) is 2.60. The molecule has 0 saturated carbocycles. The van der Waals surface area contributed by atoms with Crippen molar-refractivity contribution in [2.45, 2.75) is 6.92 Å². The molecule has 0 fully saturated rings. The van der Waals surface area contributed by atoms with Crippen LogP contribution in [0, 0.1) is 6.92 Å². The third-order valence-corrected chi connectivity index (χ3v) is 2.76. The highest BCUT2D eigenvalue weighted by Gasteiger charge is 2.08. The number of aromatic hydroxyl groups is 1. The highest BCUT2D eigenvalue weighted by Crippen LogP contribution is 2.33. The zero-order valence-corrected chi connectivity index (χ0v) is 7.35. The molecule has 3 nitrogen and oxygen atoms in total. The molecule has 2 heterocycles. The molecule has 0 aliphatic heterocycles. The van der Waals surface area contributed by atoms with Crippen molar-refractivity contribution in [3.63, 3.8) is 0 Å². The maximum Gasteiger partial charge on any atom is 0.236 e. The van der Waals surface area contributed by atoms with Gasteiger partial charge in [-0.05, 0) is 18.4 Å². The van der Waals surface area contributed by atoms with Gasteiger partial charge in [0.15, 0.2) is 0 Å². The van der Waals surface area contributed by atoms with E-state index in [0.717, 1.165) is 15.8 Å². The van der Waals surface area contributed by atoms with Crippen LogP contribution in [0.5, 0.6) is 5.88 Å². The lowest BCUT2D eigenvalue weighted by atomic mass is 10.2. The van der Waals surface area contributed by atoms with Gasteiger partial charge in [-0.2, -0.15) is 0 Å². The number of rotatable bonds is 0. The van der Waals surface area contributed by atoms with Crippen molar-refractivity contribution < 1.29 is 5.11 Å². The number of hydrogen-bond donors (Lipinski definition) is 2. The van der Waals surface area contributed by atoms with Gasteiger partial charge in [0.25, 0.3) is 0 Å². The Morgan fingerprint density at radius 1 is 1.58 bits per heavy atom. The van der Waals surface area contributed by atoms with Crippen molar-refractivity contribution in [2.24, 2.45) is 0 Å². The predicted octanol–water partition coefficient (Wildman–Crippen LogP) is 1.89. The van der Waals surface area contributed by atoms with Gasteiger partial charge >= 0.3 is 0 Å². The van der Waals surface area contributed by atoms with E-state index in [1.807, 2.05) is 18.4 Å². The first-order chi connectivity index (χ1) is 5.70. The molecule has 0 atom stereocenters. The second kappa shape index (κ2) is 2.35. The van der Waals surface area contributed by atoms with Crippen molar-refractivity contribution in [3.05, 3.63) is 17.1 Å². The van der Waals surface area contributed by atoms with E-state index in [4.69, 9.17) is 5.73 Å². The van der Waals surface area contributed by atoms with E-state index in [1.54, 1.807) is 0 Å². The fourth-order valence-electron chi connectivity index (χ4n) is 1.18. The fraction of sp³-hybridized carbons (Fsp3) is 0.125. The van der Waals surface area contributed by atoms with E-state index in [0.29, 0.717) is 5.69 Å². The van der Waals surface area contributed by atoms with Crippen LogP contribution in [0.4, 0.5) is 5.69 Å². The molecule has 0 aliphatic rings. The lowest BCUT2D eigenvalue weighted by Gasteiger charge is -2.01. The molecular formula is C8H8N2OS. The molecule has 0 aliphatic carbocycles. The van der Waals surface area contributed by atoms with E-state index in [2.05, 4.69) is 4.98 Å². The molecule has 0 radical (unpaired) electrons. The van der Waals surface area contributed by atoms with Crippen molar-refractivity contribution in [1.82, 2.24) is 4.98 Å². The third-order valence-electron chi connectivity index (χ3n) is 1.81. The van der Waals surface area contributed by atoms with Gasteiger partial charge in [-0.1, -0.05) is 0 Å². The number of anilines is 1. The summed E-state index contributed by atoms with van der Waals surface area (Å²) in [5, 5.41) is 12.3. The Kier molecular flexibility index (Phi) is 1.44. The smallest absolute Gasteiger partial charge is 0.236 e. The standard InChI is InChI=1S/C8H8N2OS/c1-4-5-2-3-12-7(5)6(9)8(11)10-4/h2-3H,9H2,1H3,(H,10,11). The molecule has 0 amide bonds. The van der Waals surface area contributed by atoms with Gasteiger partial charge in [-0.15, -0.1) is 11.3 Å². The molecule has 2 aromatic heterocycles. The quantitative estimate of drug-likeness (QED) is 0.651. The number of nitrogens with two attached hydrogens (primary N) is 1. The monoisotopic (exact) mass is 180 g/mol. The highest BCUT2D eigenvalue weighted by molar-refractivity contribution is 7.17. The molecule has 2 rings (SSSR count). The number of thiophene rings is 1. The lowest BCUT2D eigenvalue weighted by Crippen LogP contribution is -1.90. The number of fused-ring (bicyclic) bond motifs is 1. The average Bonchev–Trinajstić information content (AvgIpc) is 2.48. The van der Waals surface area contributed by atoms with E-state index in [9.17, 15) is 5.11 Å². The summed E-state index contributed by atoms with van der Waals surface area (Å²) in [6.07, 6.45) is 0. The normalized spacial score (nSPS) is 10.8. The fourth-order valence-corrected chi connectivity index (χ4v) is 2.08. The van der Waals surface area contributed by atoms with Crippen molar-refractivity contribution in [3.8, 4) is 5.88 Å². The summed E-state index contributed by atoms with van der Waals surface area (Å²) in [5.74, 6) is -0.0672. The van der Waals surface area contributed by atoms with Crippen LogP contribution in [0.3, 0.4) is 0 Å². The Morgan fingerprint density at radius 3 is 3.08 bits per heavy atom. The SMILES string of the molecule is Cc1nc(O)c(N)c2sccc12. The zero-order chi connectivity index (χ0) is 8.72. The van der Waals surface area contributed by atoms with E-state index < -0.39 is 0 Å². The molecule has 4 heteroatoms. The van der Waals surface area contributed by atoms with Gasteiger partial charge < -0.3 is 10.8 Å². The Morgan fingerprint density at radius 2 is 2.33 bits per heavy atom. The number of nitrogen functional groups attached to an aromatic ring is 1.